The number of aliphatic carboxylic acids is 1. The average Bonchev–Trinajstić information content (AvgIpc) is 2.44. The molecule has 11 nitrogen and oxygen atoms in total. The minimum Gasteiger partial charge on any atom is -0.479 e. The lowest BCUT2D eigenvalue weighted by atomic mass is 9.99. The zero-order chi connectivity index (χ0) is 16.6. The molecule has 12 heteroatoms. The summed E-state index contributed by atoms with van der Waals surface area (Å²) in [6.07, 6.45) is -9.37. The second kappa shape index (κ2) is 5.84. The predicted octanol–water partition coefficient (Wildman–Crippen LogP) is -4.00. The summed E-state index contributed by atoms with van der Waals surface area (Å²) in [4.78, 5) is 39.4. The maximum atomic E-state index is 13.1. The van der Waals surface area contributed by atoms with Crippen molar-refractivity contribution < 1.29 is 39.2 Å². The summed E-state index contributed by atoms with van der Waals surface area (Å²) in [7, 11) is 0. The van der Waals surface area contributed by atoms with Crippen LogP contribution in [0.1, 0.15) is 0 Å². The molecule has 1 aliphatic heterocycles. The number of ether oxygens (including phenoxy) is 1. The first-order chi connectivity index (χ1) is 10.2. The first kappa shape index (κ1) is 16.1. The number of hydrogen-bond acceptors (Lipinski definition) is 8. The van der Waals surface area contributed by atoms with Crippen LogP contribution in [0.5, 0.6) is 0 Å². The van der Waals surface area contributed by atoms with E-state index in [-0.39, 0.29) is 4.73 Å². The number of carboxylic acid groups (broad SMARTS) is 1. The SMILES string of the molecule is O=C(O)[C@H]1O[C@@H](On2cc(F)c(=O)[nH]c2=O)[C@H](O)[C@@H](O)[C@@H]1O. The molecular formula is C10H11FN2O9. The van der Waals surface area contributed by atoms with Gasteiger partial charge in [0.25, 0.3) is 11.8 Å². The molecule has 0 saturated carbocycles. The number of aromatic amines is 1. The highest BCUT2D eigenvalue weighted by Gasteiger charge is 2.48. The summed E-state index contributed by atoms with van der Waals surface area (Å²) < 4.78 is 17.9. The molecule has 0 spiro atoms. The van der Waals surface area contributed by atoms with Crippen LogP contribution < -0.4 is 16.1 Å². The molecule has 5 atom stereocenters. The zero-order valence-corrected chi connectivity index (χ0v) is 10.6. The third-order valence-corrected chi connectivity index (χ3v) is 2.90. The maximum Gasteiger partial charge on any atom is 0.361 e. The first-order valence-corrected chi connectivity index (χ1v) is 5.83. The number of aromatic nitrogens is 2. The third-order valence-electron chi connectivity index (χ3n) is 2.90. The topological polar surface area (TPSA) is 171 Å². The molecule has 0 unspecified atom stereocenters. The number of hydrogen-bond donors (Lipinski definition) is 5. The van der Waals surface area contributed by atoms with Crippen LogP contribution in [0.25, 0.3) is 0 Å². The van der Waals surface area contributed by atoms with Gasteiger partial charge < -0.3 is 30.0 Å². The Morgan fingerprint density at radius 1 is 1.27 bits per heavy atom. The quantitative estimate of drug-likeness (QED) is 0.372. The van der Waals surface area contributed by atoms with E-state index in [1.54, 1.807) is 4.98 Å². The van der Waals surface area contributed by atoms with E-state index in [1.807, 2.05) is 0 Å². The van der Waals surface area contributed by atoms with Gasteiger partial charge in [0.1, 0.15) is 18.3 Å². The Kier molecular flexibility index (Phi) is 4.27. The number of carboxylic acids is 1. The van der Waals surface area contributed by atoms with Crippen molar-refractivity contribution in [2.75, 3.05) is 0 Å². The number of H-pyrrole nitrogens is 1. The zero-order valence-electron chi connectivity index (χ0n) is 10.6. The van der Waals surface area contributed by atoms with Gasteiger partial charge in [-0.2, -0.15) is 4.39 Å². The van der Waals surface area contributed by atoms with Crippen LogP contribution in [0.4, 0.5) is 4.39 Å². The molecule has 0 amide bonds. The number of nitrogens with zero attached hydrogens (tertiary/aromatic N) is 1. The van der Waals surface area contributed by atoms with Crippen LogP contribution in [-0.4, -0.2) is 66.8 Å². The second-order valence-electron chi connectivity index (χ2n) is 4.40. The second-order valence-corrected chi connectivity index (χ2v) is 4.40. The summed E-state index contributed by atoms with van der Waals surface area (Å²) in [5, 5.41) is 37.5. The van der Waals surface area contributed by atoms with Crippen molar-refractivity contribution in [3.8, 4) is 0 Å². The van der Waals surface area contributed by atoms with Gasteiger partial charge in [-0.1, -0.05) is 0 Å². The summed E-state index contributed by atoms with van der Waals surface area (Å²) in [5.41, 5.74) is -2.54. The highest BCUT2D eigenvalue weighted by molar-refractivity contribution is 5.73. The summed E-state index contributed by atoms with van der Waals surface area (Å²) in [6, 6.07) is 0. The molecule has 1 aromatic rings. The molecule has 2 rings (SSSR count). The van der Waals surface area contributed by atoms with Crippen LogP contribution in [0.15, 0.2) is 15.8 Å². The lowest BCUT2D eigenvalue weighted by Crippen LogP contribution is -2.62. The maximum absolute atomic E-state index is 13.1. The Balaban J connectivity index is 2.28. The number of rotatable bonds is 3. The third kappa shape index (κ3) is 2.85. The van der Waals surface area contributed by atoms with Crippen molar-refractivity contribution in [2.24, 2.45) is 0 Å². The molecule has 1 saturated heterocycles. The van der Waals surface area contributed by atoms with E-state index in [9.17, 15) is 34.1 Å². The first-order valence-electron chi connectivity index (χ1n) is 5.83. The van der Waals surface area contributed by atoms with Gasteiger partial charge in [-0.05, 0) is 0 Å². The Bertz CT molecular complexity index is 686. The number of halogens is 1. The van der Waals surface area contributed by atoms with E-state index in [0.717, 1.165) is 0 Å². The van der Waals surface area contributed by atoms with Crippen LogP contribution in [0, 0.1) is 5.82 Å². The molecule has 1 fully saturated rings. The summed E-state index contributed by atoms with van der Waals surface area (Å²) in [6.45, 7) is 0. The van der Waals surface area contributed by atoms with Crippen molar-refractivity contribution >= 4 is 5.97 Å². The number of aliphatic hydroxyl groups excluding tert-OH is 3. The Hall–Kier alpha value is -2.28. The van der Waals surface area contributed by atoms with E-state index in [1.165, 1.54) is 0 Å². The Labute approximate surface area is 119 Å². The highest BCUT2D eigenvalue weighted by atomic mass is 19.1. The van der Waals surface area contributed by atoms with Crippen molar-refractivity contribution in [2.45, 2.75) is 30.7 Å². The minimum atomic E-state index is -1.96. The molecule has 5 N–H and O–H groups in total. The minimum absolute atomic E-state index is 0.147. The molecule has 1 aromatic heterocycles. The molecule has 22 heavy (non-hydrogen) atoms. The molecule has 0 aromatic carbocycles. The molecule has 2 heterocycles. The molecule has 1 aliphatic rings. The van der Waals surface area contributed by atoms with E-state index < -0.39 is 53.7 Å². The van der Waals surface area contributed by atoms with E-state index in [0.29, 0.717) is 6.20 Å². The highest BCUT2D eigenvalue weighted by Crippen LogP contribution is 2.20. The smallest absolute Gasteiger partial charge is 0.361 e. The van der Waals surface area contributed by atoms with Gasteiger partial charge in [-0.15, -0.1) is 4.73 Å². The standard InChI is InChI=1S/C10H11FN2O9/c11-2-1-13(10(20)12-7(2)17)22-9-5(16)3(14)4(15)6(21-9)8(18)19/h1,3-6,9,14-16H,(H,18,19)(H,12,17,20)/t3-,4-,5+,6-,9-/m0/s1. The molecule has 0 bridgehead atoms. The fourth-order valence-corrected chi connectivity index (χ4v) is 1.76. The number of aliphatic hydroxyl groups is 3. The van der Waals surface area contributed by atoms with E-state index in [2.05, 4.69) is 0 Å². The van der Waals surface area contributed by atoms with Gasteiger partial charge in [0.2, 0.25) is 5.82 Å². The monoisotopic (exact) mass is 322 g/mol. The molecule has 0 aliphatic carbocycles. The van der Waals surface area contributed by atoms with Crippen molar-refractivity contribution in [3.05, 3.63) is 32.9 Å². The van der Waals surface area contributed by atoms with E-state index >= 15 is 0 Å². The average molecular weight is 322 g/mol. The fraction of sp³-hybridized carbons (Fsp3) is 0.500. The lowest BCUT2D eigenvalue weighted by molar-refractivity contribution is -0.294. The van der Waals surface area contributed by atoms with Gasteiger partial charge in [-0.25, -0.2) is 9.59 Å². The summed E-state index contributed by atoms with van der Waals surface area (Å²) in [5.74, 6) is -3.05. The molecule has 122 valence electrons. The largest absolute Gasteiger partial charge is 0.479 e. The van der Waals surface area contributed by atoms with Crippen LogP contribution in [-0.2, 0) is 9.53 Å². The van der Waals surface area contributed by atoms with Crippen molar-refractivity contribution in [1.82, 2.24) is 9.71 Å². The Morgan fingerprint density at radius 3 is 2.50 bits per heavy atom. The van der Waals surface area contributed by atoms with E-state index in [4.69, 9.17) is 14.7 Å². The number of carbonyl (C=O) groups is 1. The van der Waals surface area contributed by atoms with Gasteiger partial charge in [0, 0.05) is 0 Å². The predicted molar refractivity (Wildman–Crippen MR) is 62.2 cm³/mol. The van der Waals surface area contributed by atoms with Gasteiger partial charge >= 0.3 is 11.7 Å². The van der Waals surface area contributed by atoms with Crippen LogP contribution in [0.3, 0.4) is 0 Å². The van der Waals surface area contributed by atoms with Crippen molar-refractivity contribution in [3.63, 3.8) is 0 Å². The number of nitrogens with one attached hydrogen (secondary N) is 1. The molecular weight excluding hydrogens is 311 g/mol. The van der Waals surface area contributed by atoms with Gasteiger partial charge in [-0.3, -0.25) is 9.78 Å². The van der Waals surface area contributed by atoms with Crippen LogP contribution >= 0.6 is 0 Å². The summed E-state index contributed by atoms with van der Waals surface area (Å²) >= 11 is 0. The van der Waals surface area contributed by atoms with Crippen LogP contribution in [0.2, 0.25) is 0 Å². The van der Waals surface area contributed by atoms with Crippen molar-refractivity contribution in [1.29, 1.82) is 0 Å². The Morgan fingerprint density at radius 2 is 1.91 bits per heavy atom. The fourth-order valence-electron chi connectivity index (χ4n) is 1.76. The van der Waals surface area contributed by atoms with Gasteiger partial charge in [0.15, 0.2) is 6.10 Å². The normalized spacial score (nSPS) is 31.7. The lowest BCUT2D eigenvalue weighted by Gasteiger charge is -2.37. The van der Waals surface area contributed by atoms with Gasteiger partial charge in [0.05, 0.1) is 6.20 Å². The molecule has 0 radical (unpaired) electrons.